The summed E-state index contributed by atoms with van der Waals surface area (Å²) in [5.41, 5.74) is 3.67. The third-order valence-electron chi connectivity index (χ3n) is 4.15. The molecule has 0 saturated heterocycles. The van der Waals surface area contributed by atoms with Gasteiger partial charge >= 0.3 is 0 Å². The number of fused-ring (bicyclic) bond motifs is 1. The molecule has 4 heteroatoms. The van der Waals surface area contributed by atoms with Gasteiger partial charge < -0.3 is 4.98 Å². The first kappa shape index (κ1) is 15.8. The van der Waals surface area contributed by atoms with E-state index in [0.717, 1.165) is 27.6 Å². The summed E-state index contributed by atoms with van der Waals surface area (Å²) in [7, 11) is 3.84. The number of Topliss-reactive ketones (excluding diaryl/α,β-unsaturated/α-hetero) is 1. The normalized spacial score (nSPS) is 12.7. The van der Waals surface area contributed by atoms with Gasteiger partial charge in [0.25, 0.3) is 0 Å². The van der Waals surface area contributed by atoms with Crippen LogP contribution in [0, 0.1) is 6.92 Å². The van der Waals surface area contributed by atoms with Crippen LogP contribution in [0.1, 0.15) is 27.5 Å². The summed E-state index contributed by atoms with van der Waals surface area (Å²) < 4.78 is 0. The molecule has 0 saturated carbocycles. The average Bonchev–Trinajstić information content (AvgIpc) is 2.90. The molecule has 2 aromatic carbocycles. The number of hydrogen-bond acceptors (Lipinski definition) is 2. The minimum Gasteiger partial charge on any atom is -0.361 e. The maximum atomic E-state index is 13.1. The number of hydrogen-bond donors (Lipinski definition) is 1. The number of benzene rings is 2. The lowest BCUT2D eigenvalue weighted by Gasteiger charge is -2.23. The highest BCUT2D eigenvalue weighted by Crippen LogP contribution is 2.32. The molecule has 0 spiro atoms. The summed E-state index contributed by atoms with van der Waals surface area (Å²) in [6.45, 7) is 1.96. The van der Waals surface area contributed by atoms with Crippen LogP contribution in [0.5, 0.6) is 0 Å². The number of carbonyl (C=O) groups is 1. The average molecular weight is 327 g/mol. The molecule has 1 N–H and O–H groups in total. The van der Waals surface area contributed by atoms with E-state index in [1.54, 1.807) is 0 Å². The molecule has 1 heterocycles. The van der Waals surface area contributed by atoms with Crippen LogP contribution in [0.4, 0.5) is 0 Å². The Morgan fingerprint density at radius 3 is 2.61 bits per heavy atom. The Labute approximate surface area is 140 Å². The zero-order chi connectivity index (χ0) is 16.6. The fourth-order valence-electron chi connectivity index (χ4n) is 2.99. The number of ketones is 1. The van der Waals surface area contributed by atoms with E-state index in [9.17, 15) is 4.79 Å². The molecule has 3 aromatic rings. The van der Waals surface area contributed by atoms with Crippen molar-refractivity contribution < 1.29 is 4.79 Å². The van der Waals surface area contributed by atoms with Crippen molar-refractivity contribution in [2.24, 2.45) is 0 Å². The van der Waals surface area contributed by atoms with Gasteiger partial charge in [-0.05, 0) is 44.8 Å². The van der Waals surface area contributed by atoms with E-state index in [2.05, 4.69) is 4.98 Å². The van der Waals surface area contributed by atoms with E-state index >= 15 is 0 Å². The number of H-pyrrole nitrogens is 1. The van der Waals surface area contributed by atoms with Crippen molar-refractivity contribution in [1.29, 1.82) is 0 Å². The molecule has 0 aliphatic heterocycles. The van der Waals surface area contributed by atoms with Crippen molar-refractivity contribution >= 4 is 28.3 Å². The first-order valence-electron chi connectivity index (χ1n) is 7.52. The van der Waals surface area contributed by atoms with E-state index in [0.29, 0.717) is 5.02 Å². The summed E-state index contributed by atoms with van der Waals surface area (Å²) in [4.78, 5) is 18.3. The molecule has 0 bridgehead atoms. The number of rotatable bonds is 4. The Kier molecular flexibility index (Phi) is 4.24. The van der Waals surface area contributed by atoms with Crippen LogP contribution in [0.2, 0.25) is 5.02 Å². The summed E-state index contributed by atoms with van der Waals surface area (Å²) in [5.74, 6) is 0.0916. The van der Waals surface area contributed by atoms with E-state index in [1.807, 2.05) is 74.6 Å². The summed E-state index contributed by atoms with van der Waals surface area (Å²) in [5, 5.41) is 1.65. The highest BCUT2D eigenvalue weighted by molar-refractivity contribution is 6.31. The minimum absolute atomic E-state index is 0.0916. The number of likely N-dealkylation sites (N-methyl/N-ethyl adjacent to an activating group) is 1. The fourth-order valence-corrected chi connectivity index (χ4v) is 3.16. The van der Waals surface area contributed by atoms with E-state index < -0.39 is 0 Å². The Balaban J connectivity index is 2.13. The third kappa shape index (κ3) is 2.90. The second kappa shape index (κ2) is 6.19. The maximum Gasteiger partial charge on any atom is 0.184 e. The Bertz CT molecular complexity index is 867. The number of aromatic nitrogens is 1. The minimum atomic E-state index is -0.358. The van der Waals surface area contributed by atoms with Crippen LogP contribution >= 0.6 is 11.6 Å². The number of aryl methyl sites for hydroxylation is 1. The molecule has 1 atom stereocenters. The zero-order valence-electron chi connectivity index (χ0n) is 13.4. The number of aromatic amines is 1. The monoisotopic (exact) mass is 326 g/mol. The second-order valence-corrected chi connectivity index (χ2v) is 6.42. The van der Waals surface area contributed by atoms with Gasteiger partial charge in [0.05, 0.1) is 0 Å². The van der Waals surface area contributed by atoms with Crippen LogP contribution in [0.3, 0.4) is 0 Å². The molecule has 1 unspecified atom stereocenters. The molecule has 0 amide bonds. The van der Waals surface area contributed by atoms with E-state index in [4.69, 9.17) is 11.6 Å². The molecular weight excluding hydrogens is 308 g/mol. The smallest absolute Gasteiger partial charge is 0.184 e. The number of nitrogens with zero attached hydrogens (tertiary/aromatic N) is 1. The quantitative estimate of drug-likeness (QED) is 0.710. The van der Waals surface area contributed by atoms with Crippen LogP contribution in [-0.2, 0) is 0 Å². The molecule has 3 rings (SSSR count). The lowest BCUT2D eigenvalue weighted by Crippen LogP contribution is -2.28. The van der Waals surface area contributed by atoms with Gasteiger partial charge in [0.1, 0.15) is 6.04 Å². The van der Waals surface area contributed by atoms with E-state index in [1.165, 1.54) is 0 Å². The van der Waals surface area contributed by atoms with Crippen molar-refractivity contribution in [3.05, 3.63) is 70.4 Å². The fraction of sp³-hybridized carbons (Fsp3) is 0.211. The SMILES string of the molecule is Cc1ccccc1C(=O)C(c1c[nH]c2ccc(Cl)cc12)N(C)C. The molecule has 1 aromatic heterocycles. The van der Waals surface area contributed by atoms with Gasteiger partial charge in [0.15, 0.2) is 5.78 Å². The topological polar surface area (TPSA) is 36.1 Å². The Hall–Kier alpha value is -2.10. The number of carbonyl (C=O) groups excluding carboxylic acids is 1. The standard InChI is InChI=1S/C19H19ClN2O/c1-12-6-4-5-7-14(12)19(23)18(22(2)3)16-11-21-17-9-8-13(20)10-15(16)17/h4-11,18,21H,1-3H3. The lowest BCUT2D eigenvalue weighted by molar-refractivity contribution is 0.0876. The van der Waals surface area contributed by atoms with Crippen LogP contribution < -0.4 is 0 Å². The summed E-state index contributed by atoms with van der Waals surface area (Å²) in [6, 6.07) is 13.0. The molecule has 0 radical (unpaired) electrons. The lowest BCUT2D eigenvalue weighted by atomic mass is 9.93. The van der Waals surface area contributed by atoms with Gasteiger partial charge in [-0.1, -0.05) is 35.9 Å². The second-order valence-electron chi connectivity index (χ2n) is 5.98. The van der Waals surface area contributed by atoms with Gasteiger partial charge in [-0.25, -0.2) is 0 Å². The van der Waals surface area contributed by atoms with Crippen LogP contribution in [-0.4, -0.2) is 29.8 Å². The molecule has 23 heavy (non-hydrogen) atoms. The van der Waals surface area contributed by atoms with Gasteiger partial charge in [-0.3, -0.25) is 9.69 Å². The van der Waals surface area contributed by atoms with E-state index in [-0.39, 0.29) is 11.8 Å². The zero-order valence-corrected chi connectivity index (χ0v) is 14.2. The maximum absolute atomic E-state index is 13.1. The molecule has 118 valence electrons. The van der Waals surface area contributed by atoms with Gasteiger partial charge in [-0.2, -0.15) is 0 Å². The van der Waals surface area contributed by atoms with Gasteiger partial charge in [0.2, 0.25) is 0 Å². The third-order valence-corrected chi connectivity index (χ3v) is 4.38. The van der Waals surface area contributed by atoms with Crippen molar-refractivity contribution in [3.8, 4) is 0 Å². The van der Waals surface area contributed by atoms with Gasteiger partial charge in [-0.15, -0.1) is 0 Å². The van der Waals surface area contributed by atoms with Crippen molar-refractivity contribution in [2.45, 2.75) is 13.0 Å². The number of halogens is 1. The number of nitrogens with one attached hydrogen (secondary N) is 1. The molecule has 0 aliphatic carbocycles. The largest absolute Gasteiger partial charge is 0.361 e. The van der Waals surface area contributed by atoms with Crippen LogP contribution in [0.15, 0.2) is 48.7 Å². The summed E-state index contributed by atoms with van der Waals surface area (Å²) in [6.07, 6.45) is 1.90. The van der Waals surface area contributed by atoms with Gasteiger partial charge in [0, 0.05) is 33.2 Å². The van der Waals surface area contributed by atoms with Crippen LogP contribution in [0.25, 0.3) is 10.9 Å². The highest BCUT2D eigenvalue weighted by atomic mass is 35.5. The van der Waals surface area contributed by atoms with Crippen molar-refractivity contribution in [2.75, 3.05) is 14.1 Å². The first-order valence-corrected chi connectivity index (χ1v) is 7.89. The van der Waals surface area contributed by atoms with Crippen molar-refractivity contribution in [3.63, 3.8) is 0 Å². The molecular formula is C19H19ClN2O. The predicted molar refractivity (Wildman–Crippen MR) is 95.2 cm³/mol. The summed E-state index contributed by atoms with van der Waals surface area (Å²) >= 11 is 6.14. The Morgan fingerprint density at radius 2 is 1.91 bits per heavy atom. The highest BCUT2D eigenvalue weighted by Gasteiger charge is 2.27. The molecule has 0 aliphatic rings. The Morgan fingerprint density at radius 1 is 1.17 bits per heavy atom. The first-order chi connectivity index (χ1) is 11.0. The molecule has 3 nitrogen and oxygen atoms in total. The molecule has 0 fully saturated rings. The predicted octanol–water partition coefficient (Wildman–Crippen LogP) is 4.62. The van der Waals surface area contributed by atoms with Crippen molar-refractivity contribution in [1.82, 2.24) is 9.88 Å².